The molecule has 2 N–H and O–H groups in total. The molecular weight excluding hydrogens is 272 g/mol. The summed E-state index contributed by atoms with van der Waals surface area (Å²) in [5, 5.41) is 3.32. The highest BCUT2D eigenvalue weighted by molar-refractivity contribution is 7.89. The molecule has 4 nitrogen and oxygen atoms in total. The number of para-hydroxylation sites is 1. The summed E-state index contributed by atoms with van der Waals surface area (Å²) in [6, 6.07) is 6.98. The maximum absolute atomic E-state index is 12.3. The third-order valence-corrected chi connectivity index (χ3v) is 5.55. The van der Waals surface area contributed by atoms with Crippen molar-refractivity contribution in [2.24, 2.45) is 5.41 Å². The topological polar surface area (TPSA) is 58.2 Å². The van der Waals surface area contributed by atoms with Gasteiger partial charge in [0, 0.05) is 12.6 Å². The molecule has 1 aromatic rings. The van der Waals surface area contributed by atoms with Crippen LogP contribution in [-0.2, 0) is 10.0 Å². The molecule has 1 aliphatic carbocycles. The minimum absolute atomic E-state index is 0.114. The van der Waals surface area contributed by atoms with Gasteiger partial charge in [0.05, 0.1) is 5.69 Å². The molecule has 112 valence electrons. The Morgan fingerprint density at radius 1 is 1.25 bits per heavy atom. The first-order chi connectivity index (χ1) is 9.32. The number of rotatable bonds is 6. The first-order valence-corrected chi connectivity index (χ1v) is 8.66. The number of nitrogens with one attached hydrogen (secondary N) is 2. The predicted molar refractivity (Wildman–Crippen MR) is 82.3 cm³/mol. The molecule has 1 saturated carbocycles. The average molecular weight is 296 g/mol. The molecule has 0 aliphatic heterocycles. The quantitative estimate of drug-likeness (QED) is 0.848. The molecule has 0 spiro atoms. The molecule has 20 heavy (non-hydrogen) atoms. The minimum Gasteiger partial charge on any atom is -0.383 e. The van der Waals surface area contributed by atoms with Crippen molar-refractivity contribution in [1.29, 1.82) is 0 Å². The first-order valence-electron chi connectivity index (χ1n) is 7.18. The number of anilines is 1. The summed E-state index contributed by atoms with van der Waals surface area (Å²) in [6.45, 7) is 6.71. The van der Waals surface area contributed by atoms with Gasteiger partial charge < -0.3 is 5.32 Å². The standard InChI is InChI=1S/C15H24N2O2S/c1-12(2)17-20(18,19)14-8-5-4-7-13(14)16-11-15(3)9-6-10-15/h4-5,7-8,12,16-17H,6,9-11H2,1-3H3. The van der Waals surface area contributed by atoms with Gasteiger partial charge in [0.2, 0.25) is 10.0 Å². The Balaban J connectivity index is 2.17. The second kappa shape index (κ2) is 5.74. The molecule has 0 amide bonds. The van der Waals surface area contributed by atoms with Gasteiger partial charge >= 0.3 is 0 Å². The molecule has 1 fully saturated rings. The van der Waals surface area contributed by atoms with Gasteiger partial charge in [-0.15, -0.1) is 0 Å². The van der Waals surface area contributed by atoms with Crippen LogP contribution in [0.2, 0.25) is 0 Å². The summed E-state index contributed by atoms with van der Waals surface area (Å²) in [6.07, 6.45) is 3.69. The van der Waals surface area contributed by atoms with E-state index < -0.39 is 10.0 Å². The van der Waals surface area contributed by atoms with Gasteiger partial charge in [-0.25, -0.2) is 13.1 Å². The largest absolute Gasteiger partial charge is 0.383 e. The molecule has 0 aromatic heterocycles. The zero-order valence-electron chi connectivity index (χ0n) is 12.4. The summed E-state index contributed by atoms with van der Waals surface area (Å²) in [7, 11) is -3.46. The first kappa shape index (κ1) is 15.3. The van der Waals surface area contributed by atoms with Crippen LogP contribution in [0.4, 0.5) is 5.69 Å². The Morgan fingerprint density at radius 3 is 2.45 bits per heavy atom. The molecule has 0 unspecified atom stereocenters. The van der Waals surface area contributed by atoms with Crippen LogP contribution in [0.5, 0.6) is 0 Å². The van der Waals surface area contributed by atoms with E-state index in [4.69, 9.17) is 0 Å². The van der Waals surface area contributed by atoms with Crippen LogP contribution < -0.4 is 10.0 Å². The van der Waals surface area contributed by atoms with E-state index in [0.29, 0.717) is 16.0 Å². The van der Waals surface area contributed by atoms with Crippen molar-refractivity contribution in [3.63, 3.8) is 0 Å². The third kappa shape index (κ3) is 3.52. The van der Waals surface area contributed by atoms with Crippen molar-refractivity contribution in [2.75, 3.05) is 11.9 Å². The lowest BCUT2D eigenvalue weighted by molar-refractivity contribution is 0.180. The Morgan fingerprint density at radius 2 is 1.90 bits per heavy atom. The van der Waals surface area contributed by atoms with E-state index >= 15 is 0 Å². The summed E-state index contributed by atoms with van der Waals surface area (Å²) < 4.78 is 27.3. The van der Waals surface area contributed by atoms with E-state index in [1.807, 2.05) is 26.0 Å². The van der Waals surface area contributed by atoms with Crippen LogP contribution in [0, 0.1) is 5.41 Å². The Labute approximate surface area is 122 Å². The fraction of sp³-hybridized carbons (Fsp3) is 0.600. The summed E-state index contributed by atoms with van der Waals surface area (Å²) in [5.41, 5.74) is 0.997. The molecule has 0 heterocycles. The van der Waals surface area contributed by atoms with E-state index in [1.165, 1.54) is 19.3 Å². The molecule has 0 saturated heterocycles. The lowest BCUT2D eigenvalue weighted by atomic mass is 9.70. The average Bonchev–Trinajstić information content (AvgIpc) is 2.33. The van der Waals surface area contributed by atoms with E-state index in [2.05, 4.69) is 17.0 Å². The molecule has 0 atom stereocenters. The van der Waals surface area contributed by atoms with E-state index in [0.717, 1.165) is 6.54 Å². The summed E-state index contributed by atoms with van der Waals surface area (Å²) in [4.78, 5) is 0.330. The van der Waals surface area contributed by atoms with Crippen LogP contribution in [-0.4, -0.2) is 21.0 Å². The zero-order chi connectivity index (χ0) is 14.8. The van der Waals surface area contributed by atoms with Crippen molar-refractivity contribution in [3.05, 3.63) is 24.3 Å². The highest BCUT2D eigenvalue weighted by atomic mass is 32.2. The molecule has 1 aromatic carbocycles. The van der Waals surface area contributed by atoms with Crippen molar-refractivity contribution in [2.45, 2.75) is 51.0 Å². The zero-order valence-corrected chi connectivity index (χ0v) is 13.3. The number of benzene rings is 1. The highest BCUT2D eigenvalue weighted by Crippen LogP contribution is 2.40. The molecule has 0 bridgehead atoms. The minimum atomic E-state index is -3.46. The van der Waals surface area contributed by atoms with Crippen LogP contribution in [0.15, 0.2) is 29.2 Å². The summed E-state index contributed by atoms with van der Waals surface area (Å²) in [5.74, 6) is 0. The van der Waals surface area contributed by atoms with Gasteiger partial charge in [-0.1, -0.05) is 25.5 Å². The fourth-order valence-corrected chi connectivity index (χ4v) is 3.92. The molecule has 0 radical (unpaired) electrons. The lowest BCUT2D eigenvalue weighted by Crippen LogP contribution is -2.34. The number of sulfonamides is 1. The van der Waals surface area contributed by atoms with Crippen LogP contribution in [0.3, 0.4) is 0 Å². The maximum atomic E-state index is 12.3. The SMILES string of the molecule is CC(C)NS(=O)(=O)c1ccccc1NCC1(C)CCC1. The van der Waals surface area contributed by atoms with Crippen molar-refractivity contribution in [3.8, 4) is 0 Å². The van der Waals surface area contributed by atoms with Gasteiger partial charge in [0.15, 0.2) is 0 Å². The monoisotopic (exact) mass is 296 g/mol. The second-order valence-corrected chi connectivity index (χ2v) is 7.97. The van der Waals surface area contributed by atoms with E-state index in [9.17, 15) is 8.42 Å². The molecule has 5 heteroatoms. The molecular formula is C15H24N2O2S. The van der Waals surface area contributed by atoms with Gasteiger partial charge in [0.1, 0.15) is 4.90 Å². The predicted octanol–water partition coefficient (Wildman–Crippen LogP) is 2.98. The smallest absolute Gasteiger partial charge is 0.242 e. The van der Waals surface area contributed by atoms with Crippen LogP contribution in [0.1, 0.15) is 40.0 Å². The highest BCUT2D eigenvalue weighted by Gasteiger charge is 2.31. The van der Waals surface area contributed by atoms with Gasteiger partial charge in [-0.05, 0) is 44.2 Å². The van der Waals surface area contributed by atoms with Crippen molar-refractivity contribution < 1.29 is 8.42 Å². The normalized spacial score (nSPS) is 17.8. The Bertz CT molecular complexity index is 563. The lowest BCUT2D eigenvalue weighted by Gasteiger charge is -2.38. The van der Waals surface area contributed by atoms with Crippen molar-refractivity contribution in [1.82, 2.24) is 4.72 Å². The Hall–Kier alpha value is -1.07. The van der Waals surface area contributed by atoms with Gasteiger partial charge in [-0.2, -0.15) is 0 Å². The van der Waals surface area contributed by atoms with E-state index in [-0.39, 0.29) is 6.04 Å². The summed E-state index contributed by atoms with van der Waals surface area (Å²) >= 11 is 0. The van der Waals surface area contributed by atoms with Gasteiger partial charge in [0.25, 0.3) is 0 Å². The fourth-order valence-electron chi connectivity index (χ4n) is 2.49. The second-order valence-electron chi connectivity index (χ2n) is 6.29. The Kier molecular flexibility index (Phi) is 4.39. The van der Waals surface area contributed by atoms with Crippen LogP contribution in [0.25, 0.3) is 0 Å². The maximum Gasteiger partial charge on any atom is 0.242 e. The number of hydrogen-bond acceptors (Lipinski definition) is 3. The third-order valence-electron chi connectivity index (χ3n) is 3.83. The number of hydrogen-bond donors (Lipinski definition) is 2. The van der Waals surface area contributed by atoms with Crippen molar-refractivity contribution >= 4 is 15.7 Å². The van der Waals surface area contributed by atoms with Crippen LogP contribution >= 0.6 is 0 Å². The van der Waals surface area contributed by atoms with E-state index in [1.54, 1.807) is 12.1 Å². The molecule has 2 rings (SSSR count). The molecule has 1 aliphatic rings. The van der Waals surface area contributed by atoms with Gasteiger partial charge in [-0.3, -0.25) is 0 Å².